The molecular weight excluding hydrogens is 224 g/mol. The highest BCUT2D eigenvalue weighted by Gasteiger charge is 2.23. The van der Waals surface area contributed by atoms with E-state index < -0.39 is 0 Å². The molecule has 1 fully saturated rings. The Morgan fingerprint density at radius 1 is 1.83 bits per heavy atom. The minimum absolute atomic E-state index is 0.0551. The Morgan fingerprint density at radius 3 is 3.25 bits per heavy atom. The van der Waals surface area contributed by atoms with E-state index in [0.29, 0.717) is 11.0 Å². The number of nitrogens with zero attached hydrogens (tertiary/aromatic N) is 2. The lowest BCUT2D eigenvalue weighted by molar-refractivity contribution is 0.379. The molecule has 12 heavy (non-hydrogen) atoms. The van der Waals surface area contributed by atoms with Gasteiger partial charge in [-0.1, -0.05) is 0 Å². The van der Waals surface area contributed by atoms with E-state index in [2.05, 4.69) is 20.9 Å². The minimum Gasteiger partial charge on any atom is -0.371 e. The van der Waals surface area contributed by atoms with Gasteiger partial charge >= 0.3 is 0 Å². The summed E-state index contributed by atoms with van der Waals surface area (Å²) in [4.78, 5) is 15.2. The van der Waals surface area contributed by atoms with E-state index in [1.54, 1.807) is 4.57 Å². The zero-order chi connectivity index (χ0) is 8.55. The summed E-state index contributed by atoms with van der Waals surface area (Å²) >= 11 is 3.12. The average Bonchev–Trinajstić information content (AvgIpc) is 2.83. The highest BCUT2D eigenvalue weighted by atomic mass is 79.9. The monoisotopic (exact) mass is 230 g/mol. The molecule has 64 valence electrons. The number of aromatic nitrogens is 2. The maximum absolute atomic E-state index is 11.4. The molecule has 1 aromatic heterocycles. The van der Waals surface area contributed by atoms with Crippen molar-refractivity contribution in [2.45, 2.75) is 12.6 Å². The van der Waals surface area contributed by atoms with Gasteiger partial charge < -0.3 is 4.74 Å². The Labute approximate surface area is 77.3 Å². The third-order valence-corrected chi connectivity index (χ3v) is 2.21. The van der Waals surface area contributed by atoms with Crippen LogP contribution in [0.2, 0.25) is 0 Å². The van der Waals surface area contributed by atoms with Crippen LogP contribution in [0.4, 0.5) is 0 Å². The van der Waals surface area contributed by atoms with Crippen LogP contribution < -0.4 is 5.56 Å². The first-order valence-corrected chi connectivity index (χ1v) is 4.38. The zero-order valence-electron chi connectivity index (χ0n) is 6.24. The first kappa shape index (κ1) is 7.94. The highest BCUT2D eigenvalue weighted by Crippen LogP contribution is 2.10. The second-order valence-electron chi connectivity index (χ2n) is 2.65. The molecule has 4 nitrogen and oxygen atoms in total. The molecule has 0 bridgehead atoms. The minimum atomic E-state index is -0.0551. The van der Waals surface area contributed by atoms with Crippen LogP contribution in [-0.4, -0.2) is 22.3 Å². The lowest BCUT2D eigenvalue weighted by Crippen LogP contribution is -2.22. The predicted molar refractivity (Wildman–Crippen MR) is 45.9 cm³/mol. The maximum Gasteiger partial charge on any atom is 0.267 e. The fourth-order valence-corrected chi connectivity index (χ4v) is 1.29. The smallest absolute Gasteiger partial charge is 0.267 e. The Kier molecular flexibility index (Phi) is 1.98. The number of epoxide rings is 1. The molecule has 0 aromatic carbocycles. The van der Waals surface area contributed by atoms with Crippen molar-refractivity contribution in [2.75, 3.05) is 6.61 Å². The topological polar surface area (TPSA) is 47.4 Å². The molecule has 2 rings (SSSR count). The van der Waals surface area contributed by atoms with Gasteiger partial charge in [0.05, 0.1) is 25.6 Å². The molecule has 0 unspecified atom stereocenters. The van der Waals surface area contributed by atoms with Gasteiger partial charge in [0, 0.05) is 6.20 Å². The van der Waals surface area contributed by atoms with E-state index in [1.807, 2.05) is 0 Å². The van der Waals surface area contributed by atoms with E-state index in [0.717, 1.165) is 6.61 Å². The summed E-state index contributed by atoms with van der Waals surface area (Å²) in [5.74, 6) is 0. The van der Waals surface area contributed by atoms with Crippen molar-refractivity contribution < 1.29 is 4.74 Å². The number of hydrogen-bond donors (Lipinski definition) is 0. The van der Waals surface area contributed by atoms with Gasteiger partial charge in [-0.25, -0.2) is 4.98 Å². The second kappa shape index (κ2) is 2.99. The normalized spacial score (nSPS) is 20.9. The molecule has 1 aromatic rings. The molecule has 0 amide bonds. The summed E-state index contributed by atoms with van der Waals surface area (Å²) in [5.41, 5.74) is -0.0551. The van der Waals surface area contributed by atoms with Gasteiger partial charge in [-0.3, -0.25) is 9.36 Å². The molecule has 1 atom stereocenters. The molecule has 0 spiro atoms. The molecule has 0 radical (unpaired) electrons. The average molecular weight is 231 g/mol. The van der Waals surface area contributed by atoms with Crippen molar-refractivity contribution in [1.29, 1.82) is 0 Å². The predicted octanol–water partition coefficient (Wildman–Crippen LogP) is 0.405. The van der Waals surface area contributed by atoms with Crippen LogP contribution in [0.15, 0.2) is 21.8 Å². The lowest BCUT2D eigenvalue weighted by Gasteiger charge is -2.00. The second-order valence-corrected chi connectivity index (χ2v) is 3.51. The molecule has 2 heterocycles. The van der Waals surface area contributed by atoms with Crippen molar-refractivity contribution in [2.24, 2.45) is 0 Å². The molecular formula is C7H7BrN2O2. The summed E-state index contributed by atoms with van der Waals surface area (Å²) in [6.07, 6.45) is 3.22. The molecule has 0 saturated carbocycles. The largest absolute Gasteiger partial charge is 0.371 e. The quantitative estimate of drug-likeness (QED) is 0.692. The number of rotatable bonds is 2. The Morgan fingerprint density at radius 2 is 2.58 bits per heavy atom. The van der Waals surface area contributed by atoms with Crippen LogP contribution in [0, 0.1) is 0 Å². The van der Waals surface area contributed by atoms with Gasteiger partial charge in [-0.2, -0.15) is 0 Å². The van der Waals surface area contributed by atoms with Gasteiger partial charge in [-0.05, 0) is 15.9 Å². The molecule has 0 N–H and O–H groups in total. The van der Waals surface area contributed by atoms with Crippen LogP contribution in [0.25, 0.3) is 0 Å². The van der Waals surface area contributed by atoms with Crippen LogP contribution in [0.1, 0.15) is 0 Å². The summed E-state index contributed by atoms with van der Waals surface area (Å²) in [6.45, 7) is 1.35. The molecule has 0 aliphatic carbocycles. The van der Waals surface area contributed by atoms with Gasteiger partial charge in [0.25, 0.3) is 5.56 Å². The van der Waals surface area contributed by atoms with Gasteiger partial charge in [0.2, 0.25) is 0 Å². The third-order valence-electron chi connectivity index (χ3n) is 1.66. The van der Waals surface area contributed by atoms with Crippen molar-refractivity contribution in [3.8, 4) is 0 Å². The third kappa shape index (κ3) is 1.56. The SMILES string of the molecule is O=c1c(Br)cncn1C[C@H]1CO1. The van der Waals surface area contributed by atoms with E-state index in [4.69, 9.17) is 4.74 Å². The summed E-state index contributed by atoms with van der Waals surface area (Å²) in [7, 11) is 0. The van der Waals surface area contributed by atoms with E-state index in [9.17, 15) is 4.79 Å². The number of hydrogen-bond acceptors (Lipinski definition) is 3. The van der Waals surface area contributed by atoms with E-state index in [-0.39, 0.29) is 11.7 Å². The fourth-order valence-electron chi connectivity index (χ4n) is 0.947. The lowest BCUT2D eigenvalue weighted by atomic mass is 10.4. The van der Waals surface area contributed by atoms with Crippen molar-refractivity contribution in [1.82, 2.24) is 9.55 Å². The summed E-state index contributed by atoms with van der Waals surface area (Å²) in [5, 5.41) is 0. The van der Waals surface area contributed by atoms with E-state index in [1.165, 1.54) is 12.5 Å². The van der Waals surface area contributed by atoms with Crippen LogP contribution in [0.5, 0.6) is 0 Å². The highest BCUT2D eigenvalue weighted by molar-refractivity contribution is 9.10. The van der Waals surface area contributed by atoms with Gasteiger partial charge in [-0.15, -0.1) is 0 Å². The van der Waals surface area contributed by atoms with Crippen molar-refractivity contribution in [3.63, 3.8) is 0 Å². The van der Waals surface area contributed by atoms with E-state index >= 15 is 0 Å². The molecule has 1 saturated heterocycles. The fraction of sp³-hybridized carbons (Fsp3) is 0.429. The van der Waals surface area contributed by atoms with Crippen LogP contribution in [0.3, 0.4) is 0 Å². The van der Waals surface area contributed by atoms with Gasteiger partial charge in [0.15, 0.2) is 0 Å². The summed E-state index contributed by atoms with van der Waals surface area (Å²) in [6, 6.07) is 0. The molecule has 1 aliphatic heterocycles. The zero-order valence-corrected chi connectivity index (χ0v) is 7.82. The van der Waals surface area contributed by atoms with Crippen LogP contribution in [-0.2, 0) is 11.3 Å². The molecule has 5 heteroatoms. The van der Waals surface area contributed by atoms with Crippen LogP contribution >= 0.6 is 15.9 Å². The number of ether oxygens (including phenoxy) is 1. The standard InChI is InChI=1S/C7H7BrN2O2/c8-6-1-9-4-10(7(6)11)2-5-3-12-5/h1,4-5H,2-3H2/t5-/m0/s1. The van der Waals surface area contributed by atoms with Gasteiger partial charge in [0.1, 0.15) is 4.47 Å². The van der Waals surface area contributed by atoms with Crippen molar-refractivity contribution in [3.05, 3.63) is 27.4 Å². The maximum atomic E-state index is 11.4. The Balaban J connectivity index is 2.29. The first-order valence-electron chi connectivity index (χ1n) is 3.59. The Hall–Kier alpha value is -0.680. The first-order chi connectivity index (χ1) is 5.77. The molecule has 1 aliphatic rings. The number of halogens is 1. The Bertz CT molecular complexity index is 346. The summed E-state index contributed by atoms with van der Waals surface area (Å²) < 4.78 is 7.04. The van der Waals surface area contributed by atoms with Crippen molar-refractivity contribution >= 4 is 15.9 Å².